The van der Waals surface area contributed by atoms with E-state index in [0.29, 0.717) is 5.92 Å². The van der Waals surface area contributed by atoms with Gasteiger partial charge in [0, 0.05) is 24.9 Å². The zero-order valence-electron chi connectivity index (χ0n) is 7.95. The van der Waals surface area contributed by atoms with Crippen molar-refractivity contribution in [3.8, 4) is 0 Å². The molecular formula is C10H15N3. The Morgan fingerprint density at radius 2 is 2.23 bits per heavy atom. The van der Waals surface area contributed by atoms with E-state index in [4.69, 9.17) is 0 Å². The van der Waals surface area contributed by atoms with Gasteiger partial charge in [-0.25, -0.2) is 0 Å². The first kappa shape index (κ1) is 8.63. The maximum atomic E-state index is 4.40. The Morgan fingerprint density at radius 1 is 1.38 bits per heavy atom. The topological polar surface area (TPSA) is 37.8 Å². The molecule has 2 heterocycles. The summed E-state index contributed by atoms with van der Waals surface area (Å²) in [7, 11) is 0. The molecule has 0 bridgehead atoms. The van der Waals surface area contributed by atoms with Crippen molar-refractivity contribution >= 4 is 0 Å². The van der Waals surface area contributed by atoms with Crippen LogP contribution in [-0.4, -0.2) is 23.1 Å². The highest BCUT2D eigenvalue weighted by Crippen LogP contribution is 2.22. The molecular weight excluding hydrogens is 162 g/mol. The van der Waals surface area contributed by atoms with Crippen LogP contribution in [0.1, 0.15) is 30.1 Å². The molecule has 1 aromatic rings. The quantitative estimate of drug-likeness (QED) is 0.701. The third kappa shape index (κ3) is 1.86. The van der Waals surface area contributed by atoms with Crippen LogP contribution in [-0.2, 0) is 0 Å². The predicted octanol–water partition coefficient (Wildman–Crippen LogP) is 1.25. The fraction of sp³-hybridized carbons (Fsp3) is 0.600. The van der Waals surface area contributed by atoms with Crippen LogP contribution in [0, 0.1) is 6.92 Å². The van der Waals surface area contributed by atoms with Crippen LogP contribution < -0.4 is 5.32 Å². The minimum Gasteiger partial charge on any atom is -0.316 e. The summed E-state index contributed by atoms with van der Waals surface area (Å²) in [5, 5.41) is 3.39. The summed E-state index contributed by atoms with van der Waals surface area (Å²) >= 11 is 0. The summed E-state index contributed by atoms with van der Waals surface area (Å²) in [4.78, 5) is 8.66. The lowest BCUT2D eigenvalue weighted by Gasteiger charge is -2.22. The fourth-order valence-corrected chi connectivity index (χ4v) is 1.90. The first-order valence-electron chi connectivity index (χ1n) is 4.86. The summed E-state index contributed by atoms with van der Waals surface area (Å²) in [5.74, 6) is 0.572. The van der Waals surface area contributed by atoms with Crippen molar-refractivity contribution in [2.24, 2.45) is 0 Å². The molecule has 0 amide bonds. The zero-order chi connectivity index (χ0) is 9.10. The maximum absolute atomic E-state index is 4.40. The molecule has 1 aliphatic heterocycles. The second-order valence-corrected chi connectivity index (χ2v) is 3.57. The van der Waals surface area contributed by atoms with Crippen molar-refractivity contribution in [2.45, 2.75) is 25.7 Å². The van der Waals surface area contributed by atoms with E-state index in [2.05, 4.69) is 15.3 Å². The molecule has 3 nitrogen and oxygen atoms in total. The molecule has 0 aromatic carbocycles. The van der Waals surface area contributed by atoms with Crippen LogP contribution in [0.2, 0.25) is 0 Å². The molecule has 1 unspecified atom stereocenters. The third-order valence-corrected chi connectivity index (χ3v) is 2.60. The number of nitrogens with zero attached hydrogens (tertiary/aromatic N) is 2. The molecule has 1 fully saturated rings. The monoisotopic (exact) mass is 177 g/mol. The molecule has 1 aromatic heterocycles. The second-order valence-electron chi connectivity index (χ2n) is 3.57. The Bertz CT molecular complexity index is 279. The van der Waals surface area contributed by atoms with Crippen LogP contribution in [0.5, 0.6) is 0 Å². The van der Waals surface area contributed by atoms with Crippen molar-refractivity contribution in [2.75, 3.05) is 13.1 Å². The van der Waals surface area contributed by atoms with Gasteiger partial charge in [0.05, 0.1) is 11.4 Å². The standard InChI is InChI=1S/C10H15N3/c1-8-10(13-6-5-12-8)9-3-2-4-11-7-9/h5-6,9,11H,2-4,7H2,1H3. The molecule has 70 valence electrons. The van der Waals surface area contributed by atoms with Gasteiger partial charge >= 0.3 is 0 Å². The number of hydrogen-bond acceptors (Lipinski definition) is 3. The van der Waals surface area contributed by atoms with Gasteiger partial charge in [-0.2, -0.15) is 0 Å². The van der Waals surface area contributed by atoms with Gasteiger partial charge in [-0.1, -0.05) is 0 Å². The maximum Gasteiger partial charge on any atom is 0.0659 e. The van der Waals surface area contributed by atoms with Crippen molar-refractivity contribution in [3.63, 3.8) is 0 Å². The van der Waals surface area contributed by atoms with Gasteiger partial charge in [-0.15, -0.1) is 0 Å². The molecule has 3 heteroatoms. The van der Waals surface area contributed by atoms with Gasteiger partial charge in [-0.05, 0) is 26.3 Å². The van der Waals surface area contributed by atoms with Crippen LogP contribution in [0.4, 0.5) is 0 Å². The van der Waals surface area contributed by atoms with E-state index in [9.17, 15) is 0 Å². The third-order valence-electron chi connectivity index (χ3n) is 2.60. The Balaban J connectivity index is 2.18. The Hall–Kier alpha value is -0.960. The number of rotatable bonds is 1. The van der Waals surface area contributed by atoms with E-state index in [1.165, 1.54) is 18.5 Å². The highest BCUT2D eigenvalue weighted by Gasteiger charge is 2.18. The second kappa shape index (κ2) is 3.83. The van der Waals surface area contributed by atoms with Gasteiger partial charge in [0.25, 0.3) is 0 Å². The summed E-state index contributed by atoms with van der Waals surface area (Å²) < 4.78 is 0. The number of nitrogens with one attached hydrogen (secondary N) is 1. The lowest BCUT2D eigenvalue weighted by molar-refractivity contribution is 0.452. The van der Waals surface area contributed by atoms with E-state index in [-0.39, 0.29) is 0 Å². The fourth-order valence-electron chi connectivity index (χ4n) is 1.90. The zero-order valence-corrected chi connectivity index (χ0v) is 7.95. The number of aryl methyl sites for hydroxylation is 1. The molecule has 2 rings (SSSR count). The predicted molar refractivity (Wildman–Crippen MR) is 51.6 cm³/mol. The van der Waals surface area contributed by atoms with Crippen LogP contribution >= 0.6 is 0 Å². The van der Waals surface area contributed by atoms with E-state index in [1.807, 2.05) is 6.92 Å². The lowest BCUT2D eigenvalue weighted by atomic mass is 9.95. The van der Waals surface area contributed by atoms with Gasteiger partial charge in [-0.3, -0.25) is 9.97 Å². The smallest absolute Gasteiger partial charge is 0.0659 e. The molecule has 0 saturated carbocycles. The molecule has 0 radical (unpaired) electrons. The Labute approximate surface area is 78.6 Å². The number of hydrogen-bond donors (Lipinski definition) is 1. The normalized spacial score (nSPS) is 23.0. The van der Waals surface area contributed by atoms with Gasteiger partial charge in [0.1, 0.15) is 0 Å². The molecule has 1 N–H and O–H groups in total. The average molecular weight is 177 g/mol. The SMILES string of the molecule is Cc1nccnc1C1CCCNC1. The molecule has 0 spiro atoms. The van der Waals surface area contributed by atoms with E-state index >= 15 is 0 Å². The average Bonchev–Trinajstić information content (AvgIpc) is 2.20. The van der Waals surface area contributed by atoms with Gasteiger partial charge in [0.15, 0.2) is 0 Å². The minimum absolute atomic E-state index is 0.572. The molecule has 0 aliphatic carbocycles. The van der Waals surface area contributed by atoms with Crippen molar-refractivity contribution in [3.05, 3.63) is 23.8 Å². The lowest BCUT2D eigenvalue weighted by Crippen LogP contribution is -2.29. The van der Waals surface area contributed by atoms with Gasteiger partial charge in [0.2, 0.25) is 0 Å². The highest BCUT2D eigenvalue weighted by molar-refractivity contribution is 5.15. The van der Waals surface area contributed by atoms with Crippen LogP contribution in [0.15, 0.2) is 12.4 Å². The van der Waals surface area contributed by atoms with E-state index in [0.717, 1.165) is 18.8 Å². The van der Waals surface area contributed by atoms with Crippen molar-refractivity contribution in [1.82, 2.24) is 15.3 Å². The first-order chi connectivity index (χ1) is 6.38. The molecule has 1 saturated heterocycles. The largest absolute Gasteiger partial charge is 0.316 e. The van der Waals surface area contributed by atoms with Crippen LogP contribution in [0.3, 0.4) is 0 Å². The summed E-state index contributed by atoms with van der Waals surface area (Å²) in [6.07, 6.45) is 6.04. The molecule has 1 aliphatic rings. The van der Waals surface area contributed by atoms with Crippen LogP contribution in [0.25, 0.3) is 0 Å². The molecule has 13 heavy (non-hydrogen) atoms. The number of piperidine rings is 1. The van der Waals surface area contributed by atoms with Crippen molar-refractivity contribution < 1.29 is 0 Å². The Morgan fingerprint density at radius 3 is 2.92 bits per heavy atom. The minimum atomic E-state index is 0.572. The number of aromatic nitrogens is 2. The highest BCUT2D eigenvalue weighted by atomic mass is 14.9. The molecule has 1 atom stereocenters. The van der Waals surface area contributed by atoms with Gasteiger partial charge < -0.3 is 5.32 Å². The summed E-state index contributed by atoms with van der Waals surface area (Å²) in [6, 6.07) is 0. The first-order valence-corrected chi connectivity index (χ1v) is 4.86. The summed E-state index contributed by atoms with van der Waals surface area (Å²) in [6.45, 7) is 4.24. The summed E-state index contributed by atoms with van der Waals surface area (Å²) in [5.41, 5.74) is 2.26. The van der Waals surface area contributed by atoms with Crippen molar-refractivity contribution in [1.29, 1.82) is 0 Å². The Kier molecular flexibility index (Phi) is 2.54. The van der Waals surface area contributed by atoms with E-state index < -0.39 is 0 Å². The van der Waals surface area contributed by atoms with E-state index in [1.54, 1.807) is 12.4 Å².